The Morgan fingerprint density at radius 1 is 0.792 bits per heavy atom. The van der Waals surface area contributed by atoms with Crippen LogP contribution in [0, 0.1) is 0 Å². The molecule has 0 amide bonds. The molecule has 0 aliphatic heterocycles. The summed E-state index contributed by atoms with van der Waals surface area (Å²) in [4.78, 5) is 0. The van der Waals surface area contributed by atoms with Gasteiger partial charge in [-0.3, -0.25) is 0 Å². The van der Waals surface area contributed by atoms with E-state index in [1.54, 1.807) is 0 Å². The first-order valence-corrected chi connectivity index (χ1v) is 8.69. The molecule has 0 heterocycles. The summed E-state index contributed by atoms with van der Waals surface area (Å²) >= 11 is 0. The van der Waals surface area contributed by atoms with Gasteiger partial charge in [0.25, 0.3) is 0 Å². The first-order valence-electron chi connectivity index (χ1n) is 8.69. The maximum atomic E-state index is 4.06. The number of hydrogen-bond acceptors (Lipinski definition) is 0. The van der Waals surface area contributed by atoms with Crippen LogP contribution < -0.4 is 0 Å². The third kappa shape index (κ3) is 5.70. The Bertz CT molecular complexity index is 717. The fourth-order valence-corrected chi connectivity index (χ4v) is 2.74. The number of rotatable bonds is 8. The third-order valence-corrected chi connectivity index (χ3v) is 4.17. The molecular weight excluding hydrogens is 288 g/mol. The molecular formula is C24H28. The summed E-state index contributed by atoms with van der Waals surface area (Å²) in [5, 5.41) is 0. The van der Waals surface area contributed by atoms with Crippen LogP contribution in [0.15, 0.2) is 78.9 Å². The lowest BCUT2D eigenvalue weighted by Crippen LogP contribution is -1.92. The van der Waals surface area contributed by atoms with Crippen LogP contribution in [0.25, 0.3) is 11.6 Å². The van der Waals surface area contributed by atoms with Crippen LogP contribution >= 0.6 is 0 Å². The summed E-state index contributed by atoms with van der Waals surface area (Å²) in [6.45, 7) is 12.3. The monoisotopic (exact) mass is 316 g/mol. The molecule has 0 fully saturated rings. The number of aryl methyl sites for hydroxylation is 1. The van der Waals surface area contributed by atoms with Crippen LogP contribution in [-0.2, 0) is 6.42 Å². The summed E-state index contributed by atoms with van der Waals surface area (Å²) in [5.74, 6) is 0. The largest absolute Gasteiger partial charge is 0.100 e. The molecule has 24 heavy (non-hydrogen) atoms. The van der Waals surface area contributed by atoms with E-state index in [1.807, 2.05) is 0 Å². The van der Waals surface area contributed by atoms with Crippen molar-refractivity contribution >= 4 is 11.6 Å². The Morgan fingerprint density at radius 2 is 1.42 bits per heavy atom. The molecule has 2 aromatic carbocycles. The molecule has 2 aromatic rings. The van der Waals surface area contributed by atoms with E-state index in [2.05, 4.69) is 87.7 Å². The summed E-state index contributed by atoms with van der Waals surface area (Å²) < 4.78 is 0. The predicted octanol–water partition coefficient (Wildman–Crippen LogP) is 7.09. The Balaban J connectivity index is 2.35. The lowest BCUT2D eigenvalue weighted by Gasteiger charge is -2.11. The molecule has 0 aliphatic rings. The third-order valence-electron chi connectivity index (χ3n) is 4.17. The number of hydrogen-bond donors (Lipinski definition) is 0. The smallest absolute Gasteiger partial charge is 0.0221 e. The van der Waals surface area contributed by atoms with E-state index in [-0.39, 0.29) is 0 Å². The lowest BCUT2D eigenvalue weighted by molar-refractivity contribution is 0.943. The van der Waals surface area contributed by atoms with Gasteiger partial charge in [0.1, 0.15) is 0 Å². The van der Waals surface area contributed by atoms with E-state index in [0.29, 0.717) is 0 Å². The van der Waals surface area contributed by atoms with Crippen molar-refractivity contribution in [3.8, 4) is 0 Å². The van der Waals surface area contributed by atoms with Crippen molar-refractivity contribution in [1.82, 2.24) is 0 Å². The maximum absolute atomic E-state index is 4.06. The second kappa shape index (κ2) is 9.08. The van der Waals surface area contributed by atoms with Crippen molar-refractivity contribution < 1.29 is 0 Å². The highest BCUT2D eigenvalue weighted by Gasteiger charge is 2.05. The normalized spacial score (nSPS) is 11.3. The van der Waals surface area contributed by atoms with Crippen molar-refractivity contribution in [2.24, 2.45) is 0 Å². The molecule has 0 spiro atoms. The van der Waals surface area contributed by atoms with Gasteiger partial charge in [-0.1, -0.05) is 71.8 Å². The van der Waals surface area contributed by atoms with Gasteiger partial charge in [-0.25, -0.2) is 0 Å². The quantitative estimate of drug-likeness (QED) is 0.360. The zero-order valence-electron chi connectivity index (χ0n) is 15.0. The summed E-state index contributed by atoms with van der Waals surface area (Å²) in [6.07, 6.45) is 6.48. The molecule has 0 saturated carbocycles. The van der Waals surface area contributed by atoms with E-state index >= 15 is 0 Å². The van der Waals surface area contributed by atoms with Crippen LogP contribution in [0.2, 0.25) is 0 Å². The van der Waals surface area contributed by atoms with Crippen LogP contribution in [0.3, 0.4) is 0 Å². The van der Waals surface area contributed by atoms with Gasteiger partial charge in [0.15, 0.2) is 0 Å². The number of benzene rings is 2. The molecule has 0 N–H and O–H groups in total. The molecule has 0 bridgehead atoms. The van der Waals surface area contributed by atoms with Crippen LogP contribution in [0.1, 0.15) is 49.8 Å². The highest BCUT2D eigenvalue weighted by atomic mass is 14.1. The molecule has 0 heteroatoms. The standard InChI is InChI=1S/C24H28/c1-19(2)14-16-22-12-8-9-13-23(22)18-24(17-15-20(3)4)21-10-6-5-7-11-21/h5-13,18H,1,3,14-17H2,2,4H3. The molecule has 0 aliphatic carbocycles. The van der Waals surface area contributed by atoms with Crippen molar-refractivity contribution in [2.75, 3.05) is 0 Å². The molecule has 0 unspecified atom stereocenters. The van der Waals surface area contributed by atoms with Gasteiger partial charge in [0.05, 0.1) is 0 Å². The van der Waals surface area contributed by atoms with Gasteiger partial charge in [-0.05, 0) is 61.8 Å². The maximum Gasteiger partial charge on any atom is -0.0221 e. The predicted molar refractivity (Wildman–Crippen MR) is 108 cm³/mol. The first kappa shape index (κ1) is 18.0. The second-order valence-electron chi connectivity index (χ2n) is 6.65. The fourth-order valence-electron chi connectivity index (χ4n) is 2.74. The molecule has 0 aromatic heterocycles. The van der Waals surface area contributed by atoms with E-state index in [1.165, 1.54) is 33.4 Å². The minimum absolute atomic E-state index is 1.02. The van der Waals surface area contributed by atoms with Gasteiger partial charge in [0.2, 0.25) is 0 Å². The van der Waals surface area contributed by atoms with E-state index in [9.17, 15) is 0 Å². The fraction of sp³-hybridized carbons (Fsp3) is 0.250. The Hall–Kier alpha value is -2.34. The van der Waals surface area contributed by atoms with E-state index < -0.39 is 0 Å². The second-order valence-corrected chi connectivity index (χ2v) is 6.65. The van der Waals surface area contributed by atoms with E-state index in [4.69, 9.17) is 0 Å². The highest BCUT2D eigenvalue weighted by Crippen LogP contribution is 2.26. The van der Waals surface area contributed by atoms with Crippen LogP contribution in [0.4, 0.5) is 0 Å². The average molecular weight is 316 g/mol. The zero-order valence-corrected chi connectivity index (χ0v) is 15.0. The summed E-state index contributed by atoms with van der Waals surface area (Å²) in [5.41, 5.74) is 7.85. The van der Waals surface area contributed by atoms with Crippen molar-refractivity contribution in [3.63, 3.8) is 0 Å². The van der Waals surface area contributed by atoms with Crippen molar-refractivity contribution in [3.05, 3.63) is 95.6 Å². The Kier molecular flexibility index (Phi) is 6.81. The first-order chi connectivity index (χ1) is 11.6. The molecule has 2 rings (SSSR count). The topological polar surface area (TPSA) is 0 Å². The molecule has 0 nitrogen and oxygen atoms in total. The molecule has 124 valence electrons. The Labute approximate surface area is 147 Å². The van der Waals surface area contributed by atoms with Gasteiger partial charge in [0, 0.05) is 0 Å². The van der Waals surface area contributed by atoms with Crippen molar-refractivity contribution in [1.29, 1.82) is 0 Å². The van der Waals surface area contributed by atoms with Crippen LogP contribution in [-0.4, -0.2) is 0 Å². The van der Waals surface area contributed by atoms with Gasteiger partial charge >= 0.3 is 0 Å². The molecule has 0 radical (unpaired) electrons. The SMILES string of the molecule is C=C(C)CCC(=Cc1ccccc1CCC(=C)C)c1ccccc1. The summed E-state index contributed by atoms with van der Waals surface area (Å²) in [7, 11) is 0. The molecule has 0 atom stereocenters. The highest BCUT2D eigenvalue weighted by molar-refractivity contribution is 5.82. The lowest BCUT2D eigenvalue weighted by atomic mass is 9.94. The van der Waals surface area contributed by atoms with Gasteiger partial charge in [-0.2, -0.15) is 0 Å². The van der Waals surface area contributed by atoms with E-state index in [0.717, 1.165) is 25.7 Å². The number of allylic oxidation sites excluding steroid dienone is 3. The minimum Gasteiger partial charge on any atom is -0.100 e. The van der Waals surface area contributed by atoms with Gasteiger partial charge < -0.3 is 0 Å². The summed E-state index contributed by atoms with van der Waals surface area (Å²) in [6, 6.07) is 19.4. The Morgan fingerprint density at radius 3 is 2.08 bits per heavy atom. The van der Waals surface area contributed by atoms with Crippen molar-refractivity contribution in [2.45, 2.75) is 39.5 Å². The van der Waals surface area contributed by atoms with Gasteiger partial charge in [-0.15, -0.1) is 13.2 Å². The van der Waals surface area contributed by atoms with Crippen LogP contribution in [0.5, 0.6) is 0 Å². The zero-order chi connectivity index (χ0) is 17.4. The molecule has 0 saturated heterocycles. The average Bonchev–Trinajstić information content (AvgIpc) is 2.58. The minimum atomic E-state index is 1.02.